The maximum absolute atomic E-state index is 12.3. The minimum Gasteiger partial charge on any atom is -0.493 e. The Morgan fingerprint density at radius 2 is 1.72 bits per heavy atom. The molecule has 0 spiro atoms. The smallest absolute Gasteiger partial charge is 0.240 e. The van der Waals surface area contributed by atoms with Crippen LogP contribution in [0, 0.1) is 6.92 Å². The molecule has 0 fully saturated rings. The summed E-state index contributed by atoms with van der Waals surface area (Å²) in [7, 11) is -0.759. The predicted molar refractivity (Wildman–Crippen MR) is 96.4 cm³/mol. The Morgan fingerprint density at radius 3 is 2.40 bits per heavy atom. The van der Waals surface area contributed by atoms with Crippen molar-refractivity contribution < 1.29 is 22.6 Å². The highest BCUT2D eigenvalue weighted by Gasteiger charge is 2.16. The number of nitrogens with one attached hydrogen (secondary N) is 1. The number of methoxy groups -OCH3 is 2. The van der Waals surface area contributed by atoms with Gasteiger partial charge < -0.3 is 14.2 Å². The van der Waals surface area contributed by atoms with Crippen LogP contribution in [-0.2, 0) is 10.0 Å². The normalized spacial score (nSPS) is 11.2. The quantitative estimate of drug-likeness (QED) is 0.707. The van der Waals surface area contributed by atoms with E-state index >= 15 is 0 Å². The Balaban J connectivity index is 1.99. The molecule has 0 amide bonds. The average Bonchev–Trinajstić information content (AvgIpc) is 2.60. The van der Waals surface area contributed by atoms with Crippen molar-refractivity contribution in [3.05, 3.63) is 47.0 Å². The topological polar surface area (TPSA) is 73.9 Å². The second-order valence-corrected chi connectivity index (χ2v) is 7.37. The van der Waals surface area contributed by atoms with Crippen LogP contribution in [0.1, 0.15) is 5.56 Å². The number of rotatable bonds is 8. The molecular weight excluding hydrogens is 366 g/mol. The molecule has 0 saturated carbocycles. The van der Waals surface area contributed by atoms with Gasteiger partial charge in [0.25, 0.3) is 0 Å². The molecule has 136 valence electrons. The summed E-state index contributed by atoms with van der Waals surface area (Å²) in [5.41, 5.74) is 1.00. The van der Waals surface area contributed by atoms with E-state index in [4.69, 9.17) is 25.8 Å². The number of hydrogen-bond acceptors (Lipinski definition) is 5. The molecule has 2 aromatic rings. The lowest BCUT2D eigenvalue weighted by atomic mass is 10.2. The van der Waals surface area contributed by atoms with Crippen LogP contribution >= 0.6 is 11.6 Å². The number of ether oxygens (including phenoxy) is 3. The molecule has 0 aliphatic carbocycles. The van der Waals surface area contributed by atoms with E-state index in [0.717, 1.165) is 5.56 Å². The van der Waals surface area contributed by atoms with Crippen LogP contribution in [0.2, 0.25) is 5.02 Å². The molecule has 0 radical (unpaired) electrons. The maximum Gasteiger partial charge on any atom is 0.240 e. The molecule has 2 aromatic carbocycles. The zero-order valence-corrected chi connectivity index (χ0v) is 15.8. The van der Waals surface area contributed by atoms with E-state index in [1.807, 2.05) is 13.0 Å². The van der Waals surface area contributed by atoms with E-state index in [-0.39, 0.29) is 18.0 Å². The summed E-state index contributed by atoms with van der Waals surface area (Å²) in [5.74, 6) is 1.32. The minimum atomic E-state index is -3.69. The van der Waals surface area contributed by atoms with Crippen molar-refractivity contribution in [1.82, 2.24) is 4.72 Å². The van der Waals surface area contributed by atoms with E-state index in [1.165, 1.54) is 32.4 Å². The van der Waals surface area contributed by atoms with Gasteiger partial charge in [0.15, 0.2) is 11.5 Å². The Labute approximate surface area is 152 Å². The first-order valence-corrected chi connectivity index (χ1v) is 9.34. The average molecular weight is 386 g/mol. The van der Waals surface area contributed by atoms with Gasteiger partial charge in [-0.25, -0.2) is 13.1 Å². The van der Waals surface area contributed by atoms with Crippen LogP contribution in [0.4, 0.5) is 0 Å². The lowest BCUT2D eigenvalue weighted by Crippen LogP contribution is -2.28. The van der Waals surface area contributed by atoms with E-state index in [0.29, 0.717) is 22.3 Å². The first kappa shape index (κ1) is 19.4. The van der Waals surface area contributed by atoms with Gasteiger partial charge in [0, 0.05) is 12.6 Å². The summed E-state index contributed by atoms with van der Waals surface area (Å²) in [6, 6.07) is 9.79. The fraction of sp³-hybridized carbons (Fsp3) is 0.294. The zero-order chi connectivity index (χ0) is 18.4. The molecule has 8 heteroatoms. The van der Waals surface area contributed by atoms with E-state index in [2.05, 4.69) is 4.72 Å². The highest BCUT2D eigenvalue weighted by molar-refractivity contribution is 7.89. The van der Waals surface area contributed by atoms with Crippen LogP contribution in [0.5, 0.6) is 17.2 Å². The summed E-state index contributed by atoms with van der Waals surface area (Å²) in [4.78, 5) is 0.0822. The Bertz CT molecular complexity index is 839. The van der Waals surface area contributed by atoms with Gasteiger partial charge in [-0.3, -0.25) is 0 Å². The summed E-state index contributed by atoms with van der Waals surface area (Å²) in [6.45, 7) is 2.17. The van der Waals surface area contributed by atoms with Crippen LogP contribution < -0.4 is 18.9 Å². The van der Waals surface area contributed by atoms with E-state index in [9.17, 15) is 8.42 Å². The number of aryl methyl sites for hydroxylation is 1. The largest absolute Gasteiger partial charge is 0.493 e. The highest BCUT2D eigenvalue weighted by atomic mass is 35.5. The van der Waals surface area contributed by atoms with Crippen LogP contribution in [0.3, 0.4) is 0 Å². The SMILES string of the molecule is COc1ccc(S(=O)(=O)NCCOc2cc(C)ccc2Cl)cc1OC. The Morgan fingerprint density at radius 1 is 1.00 bits per heavy atom. The maximum atomic E-state index is 12.3. The van der Waals surface area contributed by atoms with Gasteiger partial charge in [-0.05, 0) is 36.8 Å². The third-order valence-electron chi connectivity index (χ3n) is 3.40. The first-order valence-electron chi connectivity index (χ1n) is 7.48. The molecule has 6 nitrogen and oxygen atoms in total. The molecule has 1 N–H and O–H groups in total. The molecule has 0 heterocycles. The van der Waals surface area contributed by atoms with Crippen LogP contribution in [-0.4, -0.2) is 35.8 Å². The summed E-state index contributed by atoms with van der Waals surface area (Å²) >= 11 is 6.03. The summed E-state index contributed by atoms with van der Waals surface area (Å²) in [6.07, 6.45) is 0. The molecule has 0 saturated heterocycles. The summed E-state index contributed by atoms with van der Waals surface area (Å²) < 4.78 is 42.9. The third kappa shape index (κ3) is 5.01. The van der Waals surface area contributed by atoms with E-state index in [1.54, 1.807) is 12.1 Å². The van der Waals surface area contributed by atoms with Crippen molar-refractivity contribution in [1.29, 1.82) is 0 Å². The molecule has 2 rings (SSSR count). The molecule has 0 unspecified atom stereocenters. The molecule has 0 aliphatic heterocycles. The molecule has 0 aromatic heterocycles. The molecule has 0 bridgehead atoms. The van der Waals surface area contributed by atoms with Crippen molar-refractivity contribution in [3.63, 3.8) is 0 Å². The third-order valence-corrected chi connectivity index (χ3v) is 5.17. The van der Waals surface area contributed by atoms with Crippen molar-refractivity contribution >= 4 is 21.6 Å². The first-order chi connectivity index (χ1) is 11.9. The lowest BCUT2D eigenvalue weighted by Gasteiger charge is -2.12. The molecule has 0 aliphatic rings. The minimum absolute atomic E-state index is 0.0822. The van der Waals surface area contributed by atoms with Crippen molar-refractivity contribution in [2.45, 2.75) is 11.8 Å². The Hall–Kier alpha value is -1.96. The Kier molecular flexibility index (Phi) is 6.52. The molecule has 25 heavy (non-hydrogen) atoms. The standard InChI is InChI=1S/C17H20ClNO5S/c1-12-4-6-14(18)16(10-12)24-9-8-19-25(20,21)13-5-7-15(22-2)17(11-13)23-3/h4-7,10-11,19H,8-9H2,1-3H3. The fourth-order valence-corrected chi connectivity index (χ4v) is 3.33. The van der Waals surface area contributed by atoms with Crippen molar-refractivity contribution in [2.75, 3.05) is 27.4 Å². The molecular formula is C17H20ClNO5S. The number of halogens is 1. The van der Waals surface area contributed by atoms with Gasteiger partial charge in [0.1, 0.15) is 12.4 Å². The monoisotopic (exact) mass is 385 g/mol. The predicted octanol–water partition coefficient (Wildman–Crippen LogP) is 3.02. The second-order valence-electron chi connectivity index (χ2n) is 5.20. The van der Waals surface area contributed by atoms with Gasteiger partial charge in [-0.15, -0.1) is 0 Å². The van der Waals surface area contributed by atoms with Gasteiger partial charge in [0.05, 0.1) is 24.1 Å². The number of benzene rings is 2. The van der Waals surface area contributed by atoms with E-state index < -0.39 is 10.0 Å². The fourth-order valence-electron chi connectivity index (χ4n) is 2.13. The lowest BCUT2D eigenvalue weighted by molar-refractivity contribution is 0.323. The number of sulfonamides is 1. The number of hydrogen-bond donors (Lipinski definition) is 1. The second kappa shape index (κ2) is 8.42. The summed E-state index contributed by atoms with van der Waals surface area (Å²) in [5, 5.41) is 0.480. The van der Waals surface area contributed by atoms with Crippen molar-refractivity contribution in [2.24, 2.45) is 0 Å². The van der Waals surface area contributed by atoms with Gasteiger partial charge >= 0.3 is 0 Å². The van der Waals surface area contributed by atoms with Gasteiger partial charge in [0.2, 0.25) is 10.0 Å². The highest BCUT2D eigenvalue weighted by Crippen LogP contribution is 2.29. The van der Waals surface area contributed by atoms with Crippen LogP contribution in [0.15, 0.2) is 41.3 Å². The molecule has 0 atom stereocenters. The van der Waals surface area contributed by atoms with Crippen molar-refractivity contribution in [3.8, 4) is 17.2 Å². The zero-order valence-electron chi connectivity index (χ0n) is 14.2. The van der Waals surface area contributed by atoms with Gasteiger partial charge in [-0.1, -0.05) is 17.7 Å². The van der Waals surface area contributed by atoms with Crippen LogP contribution in [0.25, 0.3) is 0 Å². The van der Waals surface area contributed by atoms with Gasteiger partial charge in [-0.2, -0.15) is 0 Å².